The lowest BCUT2D eigenvalue weighted by molar-refractivity contribution is -0.139. The third kappa shape index (κ3) is 4.68. The van der Waals surface area contributed by atoms with Crippen LogP contribution in [0.1, 0.15) is 26.2 Å². The number of carboxylic acids is 1. The van der Waals surface area contributed by atoms with Crippen molar-refractivity contribution in [3.63, 3.8) is 0 Å². The first-order valence-corrected chi connectivity index (χ1v) is 7.88. The van der Waals surface area contributed by atoms with E-state index in [9.17, 15) is 17.6 Å². The maximum Gasteiger partial charge on any atom is 0.321 e. The minimum absolute atomic E-state index is 0.142. The van der Waals surface area contributed by atoms with Crippen LogP contribution in [0.4, 0.5) is 4.39 Å². The fourth-order valence-corrected chi connectivity index (χ4v) is 3.00. The van der Waals surface area contributed by atoms with Crippen molar-refractivity contribution in [1.29, 1.82) is 0 Å². The summed E-state index contributed by atoms with van der Waals surface area (Å²) in [5, 5.41) is 9.02. The minimum atomic E-state index is -4.25. The molecule has 1 aromatic rings. The molecule has 0 fully saturated rings. The normalized spacial score (nSPS) is 12.9. The lowest BCUT2D eigenvalue weighted by Gasteiger charge is -2.15. The van der Waals surface area contributed by atoms with Gasteiger partial charge in [0.05, 0.1) is 7.11 Å². The predicted molar refractivity (Wildman–Crippen MR) is 74.2 cm³/mol. The zero-order valence-corrected chi connectivity index (χ0v) is 12.6. The molecule has 0 aliphatic heterocycles. The molecule has 1 aromatic carbocycles. The Balaban J connectivity index is 3.01. The van der Waals surface area contributed by atoms with Gasteiger partial charge in [-0.1, -0.05) is 19.8 Å². The van der Waals surface area contributed by atoms with Crippen LogP contribution in [-0.4, -0.2) is 32.6 Å². The Morgan fingerprint density at radius 3 is 2.62 bits per heavy atom. The van der Waals surface area contributed by atoms with Crippen molar-refractivity contribution in [1.82, 2.24) is 4.72 Å². The molecule has 0 radical (unpaired) electrons. The Kier molecular flexibility index (Phi) is 6.10. The molecule has 21 heavy (non-hydrogen) atoms. The van der Waals surface area contributed by atoms with Gasteiger partial charge in [0.1, 0.15) is 22.5 Å². The van der Waals surface area contributed by atoms with Crippen molar-refractivity contribution < 1.29 is 27.4 Å². The van der Waals surface area contributed by atoms with Gasteiger partial charge in [-0.25, -0.2) is 12.8 Å². The van der Waals surface area contributed by atoms with E-state index in [1.807, 2.05) is 11.6 Å². The van der Waals surface area contributed by atoms with Crippen LogP contribution in [0, 0.1) is 5.82 Å². The Bertz CT molecular complexity index is 603. The van der Waals surface area contributed by atoms with Crippen molar-refractivity contribution in [2.75, 3.05) is 7.11 Å². The lowest BCUT2D eigenvalue weighted by atomic mass is 10.1. The predicted octanol–water partition coefficient (Wildman–Crippen LogP) is 1.76. The Labute approximate surface area is 123 Å². The zero-order valence-electron chi connectivity index (χ0n) is 11.8. The van der Waals surface area contributed by atoms with E-state index < -0.39 is 32.7 Å². The smallest absolute Gasteiger partial charge is 0.321 e. The highest BCUT2D eigenvalue weighted by Crippen LogP contribution is 2.20. The van der Waals surface area contributed by atoms with Gasteiger partial charge in [0.2, 0.25) is 10.0 Å². The third-order valence-corrected chi connectivity index (χ3v) is 4.38. The summed E-state index contributed by atoms with van der Waals surface area (Å²) in [6, 6.07) is 1.97. The van der Waals surface area contributed by atoms with Gasteiger partial charge in [-0.05, 0) is 18.6 Å². The number of nitrogens with one attached hydrogen (secondary N) is 1. The summed E-state index contributed by atoms with van der Waals surface area (Å²) in [7, 11) is -2.93. The van der Waals surface area contributed by atoms with E-state index in [0.717, 1.165) is 18.6 Å². The number of aliphatic carboxylic acids is 1. The van der Waals surface area contributed by atoms with Gasteiger partial charge < -0.3 is 9.84 Å². The van der Waals surface area contributed by atoms with Crippen LogP contribution in [0.5, 0.6) is 5.75 Å². The number of ether oxygens (including phenoxy) is 1. The molecule has 0 heterocycles. The van der Waals surface area contributed by atoms with Crippen LogP contribution in [-0.2, 0) is 14.8 Å². The molecule has 0 aliphatic rings. The summed E-state index contributed by atoms with van der Waals surface area (Å²) in [5.41, 5.74) is 0. The molecule has 0 saturated carbocycles. The van der Waals surface area contributed by atoms with E-state index in [1.165, 1.54) is 13.2 Å². The number of rotatable bonds is 8. The molecule has 2 N–H and O–H groups in total. The number of halogens is 1. The Hall–Kier alpha value is -1.67. The molecular formula is C13H18FNO5S. The molecule has 118 valence electrons. The number of unbranched alkanes of at least 4 members (excludes halogenated alkanes) is 1. The third-order valence-electron chi connectivity index (χ3n) is 2.87. The summed E-state index contributed by atoms with van der Waals surface area (Å²) in [5.74, 6) is -2.12. The number of hydrogen-bond donors (Lipinski definition) is 2. The highest BCUT2D eigenvalue weighted by Gasteiger charge is 2.27. The largest absolute Gasteiger partial charge is 0.497 e. The molecule has 1 unspecified atom stereocenters. The van der Waals surface area contributed by atoms with Crippen molar-refractivity contribution in [2.45, 2.75) is 37.1 Å². The van der Waals surface area contributed by atoms with Gasteiger partial charge in [-0.2, -0.15) is 4.72 Å². The average Bonchev–Trinajstić information content (AvgIpc) is 2.42. The maximum absolute atomic E-state index is 13.8. The molecule has 8 heteroatoms. The topological polar surface area (TPSA) is 92.7 Å². The lowest BCUT2D eigenvalue weighted by Crippen LogP contribution is -2.40. The van der Waals surface area contributed by atoms with Crippen LogP contribution >= 0.6 is 0 Å². The number of hydrogen-bond acceptors (Lipinski definition) is 4. The van der Waals surface area contributed by atoms with E-state index in [1.54, 1.807) is 0 Å². The highest BCUT2D eigenvalue weighted by atomic mass is 32.2. The molecule has 1 atom stereocenters. The zero-order chi connectivity index (χ0) is 16.0. The van der Waals surface area contributed by atoms with E-state index in [4.69, 9.17) is 9.84 Å². The van der Waals surface area contributed by atoms with Crippen molar-refractivity contribution in [3.05, 3.63) is 24.0 Å². The summed E-state index contributed by atoms with van der Waals surface area (Å²) in [6.07, 6.45) is 1.41. The number of carbonyl (C=O) groups is 1. The molecule has 0 saturated heterocycles. The summed E-state index contributed by atoms with van der Waals surface area (Å²) >= 11 is 0. The van der Waals surface area contributed by atoms with E-state index in [-0.39, 0.29) is 12.2 Å². The van der Waals surface area contributed by atoms with Crippen molar-refractivity contribution in [3.8, 4) is 5.75 Å². The molecule has 0 spiro atoms. The van der Waals surface area contributed by atoms with E-state index >= 15 is 0 Å². The van der Waals surface area contributed by atoms with Crippen molar-refractivity contribution in [2.24, 2.45) is 0 Å². The first kappa shape index (κ1) is 17.4. The number of methoxy groups -OCH3 is 1. The fraction of sp³-hybridized carbons (Fsp3) is 0.462. The van der Waals surface area contributed by atoms with Gasteiger partial charge in [0.15, 0.2) is 0 Å². The summed E-state index contributed by atoms with van der Waals surface area (Å²) < 4.78 is 44.7. The molecule has 0 aliphatic carbocycles. The minimum Gasteiger partial charge on any atom is -0.497 e. The van der Waals surface area contributed by atoms with Crippen LogP contribution in [0.2, 0.25) is 0 Å². The first-order valence-electron chi connectivity index (χ1n) is 6.40. The Morgan fingerprint density at radius 1 is 1.48 bits per heavy atom. The maximum atomic E-state index is 13.8. The molecule has 1 rings (SSSR count). The second-order valence-electron chi connectivity index (χ2n) is 4.45. The summed E-state index contributed by atoms with van der Waals surface area (Å²) in [4.78, 5) is 10.5. The molecule has 0 amide bonds. The SMILES string of the molecule is CCCCC(NS(=O)(=O)c1ccc(OC)cc1F)C(=O)O. The van der Waals surface area contributed by atoms with Crippen LogP contribution in [0.25, 0.3) is 0 Å². The Morgan fingerprint density at radius 2 is 2.14 bits per heavy atom. The summed E-state index contributed by atoms with van der Waals surface area (Å²) in [6.45, 7) is 1.86. The van der Waals surface area contributed by atoms with Gasteiger partial charge in [-0.3, -0.25) is 4.79 Å². The number of carboxylic acid groups (broad SMARTS) is 1. The monoisotopic (exact) mass is 319 g/mol. The first-order chi connectivity index (χ1) is 9.81. The van der Waals surface area contributed by atoms with Gasteiger partial charge in [0, 0.05) is 6.07 Å². The van der Waals surface area contributed by atoms with Gasteiger partial charge in [0.25, 0.3) is 0 Å². The average molecular weight is 319 g/mol. The highest BCUT2D eigenvalue weighted by molar-refractivity contribution is 7.89. The molecular weight excluding hydrogens is 301 g/mol. The second kappa shape index (κ2) is 7.37. The van der Waals surface area contributed by atoms with E-state index in [0.29, 0.717) is 6.42 Å². The van der Waals surface area contributed by atoms with Crippen LogP contribution in [0.15, 0.2) is 23.1 Å². The second-order valence-corrected chi connectivity index (χ2v) is 6.13. The van der Waals surface area contributed by atoms with Gasteiger partial charge in [-0.15, -0.1) is 0 Å². The molecule has 0 aromatic heterocycles. The molecule has 0 bridgehead atoms. The van der Waals surface area contributed by atoms with Crippen molar-refractivity contribution >= 4 is 16.0 Å². The van der Waals surface area contributed by atoms with Crippen LogP contribution in [0.3, 0.4) is 0 Å². The van der Waals surface area contributed by atoms with Gasteiger partial charge >= 0.3 is 5.97 Å². The fourth-order valence-electron chi connectivity index (χ4n) is 1.72. The molecule has 6 nitrogen and oxygen atoms in total. The standard InChI is InChI=1S/C13H18FNO5S/c1-3-4-5-11(13(16)17)15-21(18,19)12-7-6-9(20-2)8-10(12)14/h6-8,11,15H,3-5H2,1-2H3,(H,16,17). The van der Waals surface area contributed by atoms with E-state index in [2.05, 4.69) is 0 Å². The van der Waals surface area contributed by atoms with Crippen LogP contribution < -0.4 is 9.46 Å². The quantitative estimate of drug-likeness (QED) is 0.761. The number of benzene rings is 1. The number of sulfonamides is 1.